The summed E-state index contributed by atoms with van der Waals surface area (Å²) >= 11 is 0. The van der Waals surface area contributed by atoms with Crippen molar-refractivity contribution in [2.24, 2.45) is 7.05 Å². The summed E-state index contributed by atoms with van der Waals surface area (Å²) in [6, 6.07) is 17.5. The second kappa shape index (κ2) is 8.58. The van der Waals surface area contributed by atoms with E-state index in [0.717, 1.165) is 42.9 Å². The molecule has 2 aromatic carbocycles. The van der Waals surface area contributed by atoms with Crippen LogP contribution in [0.4, 0.5) is 0 Å². The third-order valence-electron chi connectivity index (χ3n) is 6.63. The zero-order valence-electron chi connectivity index (χ0n) is 18.1. The van der Waals surface area contributed by atoms with Crippen LogP contribution in [0.1, 0.15) is 59.4 Å². The minimum absolute atomic E-state index is 0.0931. The quantitative estimate of drug-likeness (QED) is 0.550. The second-order valence-electron chi connectivity index (χ2n) is 8.66. The van der Waals surface area contributed by atoms with Crippen LogP contribution in [0, 0.1) is 0 Å². The summed E-state index contributed by atoms with van der Waals surface area (Å²) in [7, 11) is 2.03. The molecular weight excluding hydrogens is 386 g/mol. The lowest BCUT2D eigenvalue weighted by atomic mass is 10.1. The summed E-state index contributed by atoms with van der Waals surface area (Å²) in [6.45, 7) is 0.606. The van der Waals surface area contributed by atoms with Gasteiger partial charge in [0.2, 0.25) is 0 Å². The van der Waals surface area contributed by atoms with Crippen LogP contribution in [0.15, 0.2) is 54.6 Å². The number of rotatable bonds is 6. The van der Waals surface area contributed by atoms with Gasteiger partial charge in [-0.05, 0) is 74.1 Å². The first-order valence-electron chi connectivity index (χ1n) is 11.4. The summed E-state index contributed by atoms with van der Waals surface area (Å²) in [4.78, 5) is 15.6. The SMILES string of the molecule is Cn1nc(CN(C(=O)c2ccc(Oc3ccccc3)cc2)C2CCCC2)c2c1CCC2. The Morgan fingerprint density at radius 2 is 1.71 bits per heavy atom. The monoisotopic (exact) mass is 415 g/mol. The Morgan fingerprint density at radius 3 is 2.45 bits per heavy atom. The third kappa shape index (κ3) is 4.09. The Balaban J connectivity index is 1.36. The van der Waals surface area contributed by atoms with Crippen molar-refractivity contribution in [3.8, 4) is 11.5 Å². The molecule has 0 radical (unpaired) electrons. The van der Waals surface area contributed by atoms with E-state index < -0.39 is 0 Å². The maximum atomic E-state index is 13.6. The molecule has 0 bridgehead atoms. The molecule has 1 aromatic heterocycles. The fraction of sp³-hybridized carbons (Fsp3) is 0.385. The smallest absolute Gasteiger partial charge is 0.254 e. The maximum Gasteiger partial charge on any atom is 0.254 e. The zero-order chi connectivity index (χ0) is 21.2. The van der Waals surface area contributed by atoms with E-state index in [9.17, 15) is 4.79 Å². The minimum Gasteiger partial charge on any atom is -0.457 e. The van der Waals surface area contributed by atoms with Gasteiger partial charge in [-0.25, -0.2) is 0 Å². The van der Waals surface area contributed by atoms with Crippen molar-refractivity contribution in [3.63, 3.8) is 0 Å². The van der Waals surface area contributed by atoms with E-state index in [1.807, 2.05) is 66.3 Å². The molecule has 1 amide bonds. The fourth-order valence-electron chi connectivity index (χ4n) is 5.02. The van der Waals surface area contributed by atoms with E-state index in [0.29, 0.717) is 18.2 Å². The van der Waals surface area contributed by atoms with E-state index in [1.165, 1.54) is 30.5 Å². The largest absolute Gasteiger partial charge is 0.457 e. The number of fused-ring (bicyclic) bond motifs is 1. The third-order valence-corrected chi connectivity index (χ3v) is 6.63. The first kappa shape index (κ1) is 19.9. The van der Waals surface area contributed by atoms with Crippen molar-refractivity contribution in [1.82, 2.24) is 14.7 Å². The van der Waals surface area contributed by atoms with E-state index in [4.69, 9.17) is 9.84 Å². The molecule has 0 spiro atoms. The van der Waals surface area contributed by atoms with Crippen molar-refractivity contribution < 1.29 is 9.53 Å². The number of hydrogen-bond donors (Lipinski definition) is 0. The Bertz CT molecular complexity index is 1050. The summed E-state index contributed by atoms with van der Waals surface area (Å²) in [5, 5.41) is 4.78. The highest BCUT2D eigenvalue weighted by molar-refractivity contribution is 5.94. The molecule has 160 valence electrons. The van der Waals surface area contributed by atoms with Crippen molar-refractivity contribution in [3.05, 3.63) is 77.1 Å². The van der Waals surface area contributed by atoms with Gasteiger partial charge in [-0.15, -0.1) is 0 Å². The summed E-state index contributed by atoms with van der Waals surface area (Å²) < 4.78 is 7.90. The number of nitrogens with zero attached hydrogens (tertiary/aromatic N) is 3. The molecule has 0 N–H and O–H groups in total. The van der Waals surface area contributed by atoms with Crippen molar-refractivity contribution in [2.45, 2.75) is 57.5 Å². The number of benzene rings is 2. The number of aryl methyl sites for hydroxylation is 1. The summed E-state index contributed by atoms with van der Waals surface area (Å²) in [5.41, 5.74) is 4.50. The van der Waals surface area contributed by atoms with Gasteiger partial charge in [-0.2, -0.15) is 5.10 Å². The molecule has 0 unspecified atom stereocenters. The lowest BCUT2D eigenvalue weighted by Gasteiger charge is -2.29. The van der Waals surface area contributed by atoms with Crippen LogP contribution in [0.25, 0.3) is 0 Å². The van der Waals surface area contributed by atoms with Crippen LogP contribution in [-0.2, 0) is 26.4 Å². The molecule has 0 saturated heterocycles. The molecular formula is C26H29N3O2. The van der Waals surface area contributed by atoms with Crippen molar-refractivity contribution >= 4 is 5.91 Å². The number of carbonyl (C=O) groups excluding carboxylic acids is 1. The number of hydrogen-bond acceptors (Lipinski definition) is 3. The Kier molecular flexibility index (Phi) is 5.49. The van der Waals surface area contributed by atoms with Crippen LogP contribution in [0.5, 0.6) is 11.5 Å². The first-order valence-corrected chi connectivity index (χ1v) is 11.4. The number of aromatic nitrogens is 2. The fourth-order valence-corrected chi connectivity index (χ4v) is 5.02. The van der Waals surface area contributed by atoms with Gasteiger partial charge in [0.1, 0.15) is 11.5 Å². The molecule has 0 atom stereocenters. The molecule has 1 saturated carbocycles. The average Bonchev–Trinajstić information content (AvgIpc) is 3.54. The van der Waals surface area contributed by atoms with Gasteiger partial charge in [-0.3, -0.25) is 9.48 Å². The van der Waals surface area contributed by atoms with E-state index in [-0.39, 0.29) is 5.91 Å². The molecule has 5 rings (SSSR count). The molecule has 5 nitrogen and oxygen atoms in total. The number of para-hydroxylation sites is 1. The molecule has 5 heteroatoms. The lowest BCUT2D eigenvalue weighted by molar-refractivity contribution is 0.0661. The van der Waals surface area contributed by atoms with E-state index in [2.05, 4.69) is 4.90 Å². The molecule has 2 aliphatic carbocycles. The predicted molar refractivity (Wildman–Crippen MR) is 120 cm³/mol. The van der Waals surface area contributed by atoms with Crippen LogP contribution in [0.2, 0.25) is 0 Å². The van der Waals surface area contributed by atoms with Crippen LogP contribution in [-0.4, -0.2) is 26.6 Å². The standard InChI is InChI=1S/C26H29N3O2/c1-28-25-13-7-12-23(25)24(27-28)18-29(20-8-5-6-9-20)26(30)19-14-16-22(17-15-19)31-21-10-3-2-4-11-21/h2-4,10-11,14-17,20H,5-9,12-13,18H2,1H3. The molecule has 3 aromatic rings. The first-order chi connectivity index (χ1) is 15.2. The molecule has 31 heavy (non-hydrogen) atoms. The van der Waals surface area contributed by atoms with Gasteiger partial charge < -0.3 is 9.64 Å². The van der Waals surface area contributed by atoms with Gasteiger partial charge in [0.15, 0.2) is 0 Å². The molecule has 1 heterocycles. The maximum absolute atomic E-state index is 13.6. The molecule has 1 fully saturated rings. The van der Waals surface area contributed by atoms with Gasteiger partial charge in [0.25, 0.3) is 5.91 Å². The summed E-state index contributed by atoms with van der Waals surface area (Å²) in [5.74, 6) is 1.62. The highest BCUT2D eigenvalue weighted by Gasteiger charge is 2.30. The van der Waals surface area contributed by atoms with Crippen LogP contribution < -0.4 is 4.74 Å². The van der Waals surface area contributed by atoms with Crippen LogP contribution >= 0.6 is 0 Å². The van der Waals surface area contributed by atoms with Crippen LogP contribution in [0.3, 0.4) is 0 Å². The van der Waals surface area contributed by atoms with Gasteiger partial charge >= 0.3 is 0 Å². The van der Waals surface area contributed by atoms with Gasteiger partial charge in [0.05, 0.1) is 12.2 Å². The number of amides is 1. The van der Waals surface area contributed by atoms with Gasteiger partial charge in [0, 0.05) is 24.3 Å². The Hall–Kier alpha value is -3.08. The predicted octanol–water partition coefficient (Wildman–Crippen LogP) is 5.29. The normalized spacial score (nSPS) is 15.8. The van der Waals surface area contributed by atoms with Gasteiger partial charge in [-0.1, -0.05) is 31.0 Å². The molecule has 0 aliphatic heterocycles. The highest BCUT2D eigenvalue weighted by atomic mass is 16.5. The minimum atomic E-state index is 0.0931. The average molecular weight is 416 g/mol. The zero-order valence-corrected chi connectivity index (χ0v) is 18.1. The lowest BCUT2D eigenvalue weighted by Crippen LogP contribution is -2.38. The van der Waals surface area contributed by atoms with E-state index >= 15 is 0 Å². The molecule has 2 aliphatic rings. The topological polar surface area (TPSA) is 47.4 Å². The van der Waals surface area contributed by atoms with Crippen molar-refractivity contribution in [1.29, 1.82) is 0 Å². The second-order valence-corrected chi connectivity index (χ2v) is 8.66. The highest BCUT2D eigenvalue weighted by Crippen LogP contribution is 2.30. The van der Waals surface area contributed by atoms with Crippen molar-refractivity contribution in [2.75, 3.05) is 0 Å². The Morgan fingerprint density at radius 1 is 1.00 bits per heavy atom. The summed E-state index contributed by atoms with van der Waals surface area (Å²) in [6.07, 6.45) is 7.91. The Labute approximate surface area is 183 Å². The number of ether oxygens (including phenoxy) is 1. The number of carbonyl (C=O) groups is 1. The van der Waals surface area contributed by atoms with E-state index in [1.54, 1.807) is 0 Å².